The van der Waals surface area contributed by atoms with Gasteiger partial charge in [0.1, 0.15) is 5.75 Å². The van der Waals surface area contributed by atoms with E-state index in [0.29, 0.717) is 11.3 Å². The Bertz CT molecular complexity index is 364. The molecule has 0 N–H and O–H groups in total. The van der Waals surface area contributed by atoms with Gasteiger partial charge >= 0.3 is 0 Å². The largest absolute Gasteiger partial charge is 0.497 e. The maximum Gasteiger partial charge on any atom is 0.119 e. The van der Waals surface area contributed by atoms with Gasteiger partial charge < -0.3 is 4.74 Å². The average molecular weight is 253 g/mol. The molecule has 0 spiro atoms. The molecular weight excluding hydrogens is 232 g/mol. The molecule has 1 aliphatic rings. The van der Waals surface area contributed by atoms with Crippen molar-refractivity contribution in [2.45, 2.75) is 38.0 Å². The molecule has 0 aromatic heterocycles. The van der Waals surface area contributed by atoms with Crippen molar-refractivity contribution in [3.8, 4) is 5.75 Å². The third kappa shape index (κ3) is 3.38. The van der Waals surface area contributed by atoms with Crippen molar-refractivity contribution in [1.29, 1.82) is 0 Å². The summed E-state index contributed by atoms with van der Waals surface area (Å²) in [4.78, 5) is 0. The SMILES string of the molecule is COc1cccc(CC2CC(C)CCC2Cl)c1. The lowest BCUT2D eigenvalue weighted by atomic mass is 9.79. The van der Waals surface area contributed by atoms with Crippen LogP contribution in [0.15, 0.2) is 24.3 Å². The van der Waals surface area contributed by atoms with Gasteiger partial charge in [-0.3, -0.25) is 0 Å². The van der Waals surface area contributed by atoms with Crippen molar-refractivity contribution in [1.82, 2.24) is 0 Å². The van der Waals surface area contributed by atoms with Gasteiger partial charge in [0.2, 0.25) is 0 Å². The van der Waals surface area contributed by atoms with Crippen LogP contribution in [0.5, 0.6) is 5.75 Å². The van der Waals surface area contributed by atoms with Gasteiger partial charge in [0.15, 0.2) is 0 Å². The summed E-state index contributed by atoms with van der Waals surface area (Å²) < 4.78 is 5.26. The predicted molar refractivity (Wildman–Crippen MR) is 72.8 cm³/mol. The van der Waals surface area contributed by atoms with Gasteiger partial charge in [-0.1, -0.05) is 19.1 Å². The van der Waals surface area contributed by atoms with Crippen molar-refractivity contribution < 1.29 is 4.74 Å². The number of benzene rings is 1. The predicted octanol–water partition coefficient (Wildman–Crippen LogP) is 4.28. The minimum absolute atomic E-state index is 0.345. The molecule has 0 aliphatic heterocycles. The van der Waals surface area contributed by atoms with E-state index in [1.54, 1.807) is 7.11 Å². The lowest BCUT2D eigenvalue weighted by molar-refractivity contribution is 0.287. The Morgan fingerprint density at radius 2 is 2.18 bits per heavy atom. The molecule has 94 valence electrons. The molecule has 17 heavy (non-hydrogen) atoms. The summed E-state index contributed by atoms with van der Waals surface area (Å²) in [5, 5.41) is 0.345. The number of alkyl halides is 1. The molecule has 3 unspecified atom stereocenters. The second-order valence-electron chi connectivity index (χ2n) is 5.25. The molecule has 1 aromatic carbocycles. The molecular formula is C15H21ClO. The lowest BCUT2D eigenvalue weighted by Crippen LogP contribution is -2.25. The van der Waals surface area contributed by atoms with Crippen molar-refractivity contribution in [2.75, 3.05) is 7.11 Å². The van der Waals surface area contributed by atoms with Crippen LogP contribution in [0, 0.1) is 11.8 Å². The standard InChI is InChI=1S/C15H21ClO/c1-11-6-7-15(16)13(8-11)9-12-4-3-5-14(10-12)17-2/h3-5,10-11,13,15H,6-9H2,1-2H3. The summed E-state index contributed by atoms with van der Waals surface area (Å²) in [5.74, 6) is 2.38. The van der Waals surface area contributed by atoms with Gasteiger partial charge in [0.05, 0.1) is 7.11 Å². The van der Waals surface area contributed by atoms with E-state index in [1.807, 2.05) is 6.07 Å². The fourth-order valence-corrected chi connectivity index (χ4v) is 3.09. The number of ether oxygens (including phenoxy) is 1. The Morgan fingerprint density at radius 3 is 2.94 bits per heavy atom. The molecule has 2 heteroatoms. The highest BCUT2D eigenvalue weighted by atomic mass is 35.5. The summed E-state index contributed by atoms with van der Waals surface area (Å²) in [6.45, 7) is 2.33. The van der Waals surface area contributed by atoms with Gasteiger partial charge in [-0.05, 0) is 55.2 Å². The Kier molecular flexibility index (Phi) is 4.33. The number of halogens is 1. The van der Waals surface area contributed by atoms with Crippen LogP contribution < -0.4 is 4.74 Å². The Labute approximate surface area is 109 Å². The number of rotatable bonds is 3. The topological polar surface area (TPSA) is 9.23 Å². The third-order valence-electron chi connectivity index (χ3n) is 3.78. The highest BCUT2D eigenvalue weighted by Gasteiger charge is 2.27. The first-order valence-electron chi connectivity index (χ1n) is 6.46. The van der Waals surface area contributed by atoms with Gasteiger partial charge in [0.25, 0.3) is 0 Å². The molecule has 1 nitrogen and oxygen atoms in total. The molecule has 1 saturated carbocycles. The zero-order chi connectivity index (χ0) is 12.3. The molecule has 0 saturated heterocycles. The van der Waals surface area contributed by atoms with E-state index in [1.165, 1.54) is 18.4 Å². The van der Waals surface area contributed by atoms with Crippen LogP contribution in [0.1, 0.15) is 31.7 Å². The number of hydrogen-bond donors (Lipinski definition) is 0. The first-order valence-corrected chi connectivity index (χ1v) is 6.89. The molecule has 0 radical (unpaired) electrons. The summed E-state index contributed by atoms with van der Waals surface area (Å²) in [6, 6.07) is 8.35. The normalized spacial score (nSPS) is 29.0. The second-order valence-corrected chi connectivity index (χ2v) is 5.81. The van der Waals surface area contributed by atoms with Crippen LogP contribution in [0.2, 0.25) is 0 Å². The van der Waals surface area contributed by atoms with E-state index >= 15 is 0 Å². The van der Waals surface area contributed by atoms with Crippen LogP contribution in [0.3, 0.4) is 0 Å². The highest BCUT2D eigenvalue weighted by Crippen LogP contribution is 2.34. The molecule has 0 amide bonds. The van der Waals surface area contributed by atoms with E-state index in [2.05, 4.69) is 25.1 Å². The van der Waals surface area contributed by atoms with Crippen molar-refractivity contribution >= 4 is 11.6 Å². The zero-order valence-corrected chi connectivity index (χ0v) is 11.4. The maximum absolute atomic E-state index is 6.44. The molecule has 0 bridgehead atoms. The summed E-state index contributed by atoms with van der Waals surface area (Å²) in [6.07, 6.45) is 4.78. The summed E-state index contributed by atoms with van der Waals surface area (Å²) >= 11 is 6.44. The van der Waals surface area contributed by atoms with E-state index in [-0.39, 0.29) is 0 Å². The van der Waals surface area contributed by atoms with Crippen LogP contribution in [0.25, 0.3) is 0 Å². The van der Waals surface area contributed by atoms with Gasteiger partial charge in [-0.25, -0.2) is 0 Å². The third-order valence-corrected chi connectivity index (χ3v) is 4.36. The monoisotopic (exact) mass is 252 g/mol. The van der Waals surface area contributed by atoms with E-state index in [9.17, 15) is 0 Å². The molecule has 1 aliphatic carbocycles. The van der Waals surface area contributed by atoms with E-state index in [0.717, 1.165) is 24.5 Å². The van der Waals surface area contributed by atoms with E-state index < -0.39 is 0 Å². The highest BCUT2D eigenvalue weighted by molar-refractivity contribution is 6.20. The average Bonchev–Trinajstić information content (AvgIpc) is 2.34. The lowest BCUT2D eigenvalue weighted by Gasteiger charge is -2.31. The smallest absolute Gasteiger partial charge is 0.119 e. The summed E-state index contributed by atoms with van der Waals surface area (Å²) in [5.41, 5.74) is 1.34. The zero-order valence-electron chi connectivity index (χ0n) is 10.7. The first-order chi connectivity index (χ1) is 8.19. The van der Waals surface area contributed by atoms with Crippen LogP contribution in [-0.4, -0.2) is 12.5 Å². The quantitative estimate of drug-likeness (QED) is 0.730. The summed E-state index contributed by atoms with van der Waals surface area (Å²) in [7, 11) is 1.71. The second kappa shape index (κ2) is 5.77. The van der Waals surface area contributed by atoms with Crippen LogP contribution in [0.4, 0.5) is 0 Å². The van der Waals surface area contributed by atoms with Gasteiger partial charge in [-0.2, -0.15) is 0 Å². The Balaban J connectivity index is 2.03. The Morgan fingerprint density at radius 1 is 1.35 bits per heavy atom. The molecule has 2 rings (SSSR count). The van der Waals surface area contributed by atoms with Crippen molar-refractivity contribution in [2.24, 2.45) is 11.8 Å². The first kappa shape index (κ1) is 12.8. The fourth-order valence-electron chi connectivity index (χ4n) is 2.78. The number of hydrogen-bond acceptors (Lipinski definition) is 1. The Hall–Kier alpha value is -0.690. The maximum atomic E-state index is 6.44. The minimum Gasteiger partial charge on any atom is -0.497 e. The molecule has 1 fully saturated rings. The minimum atomic E-state index is 0.345. The number of methoxy groups -OCH3 is 1. The van der Waals surface area contributed by atoms with Crippen LogP contribution in [-0.2, 0) is 6.42 Å². The fraction of sp³-hybridized carbons (Fsp3) is 0.600. The molecule has 0 heterocycles. The molecule has 1 aromatic rings. The van der Waals surface area contributed by atoms with Gasteiger partial charge in [0, 0.05) is 5.38 Å². The van der Waals surface area contributed by atoms with Crippen molar-refractivity contribution in [3.05, 3.63) is 29.8 Å². The molecule has 3 atom stereocenters. The van der Waals surface area contributed by atoms with Crippen LogP contribution >= 0.6 is 11.6 Å². The van der Waals surface area contributed by atoms with E-state index in [4.69, 9.17) is 16.3 Å². The van der Waals surface area contributed by atoms with Gasteiger partial charge in [-0.15, -0.1) is 11.6 Å². The van der Waals surface area contributed by atoms with Crippen molar-refractivity contribution in [3.63, 3.8) is 0 Å².